The van der Waals surface area contributed by atoms with Crippen LogP contribution in [0.25, 0.3) is 6.08 Å². The highest BCUT2D eigenvalue weighted by molar-refractivity contribution is 6.09. The molecule has 0 bridgehead atoms. The van der Waals surface area contributed by atoms with Gasteiger partial charge in [0.2, 0.25) is 5.78 Å². The Morgan fingerprint density at radius 2 is 1.97 bits per heavy atom. The number of hydrogen-bond donors (Lipinski definition) is 1. The first-order valence-corrected chi connectivity index (χ1v) is 9.42. The third kappa shape index (κ3) is 4.33. The number of carbonyl (C=O) groups excluding carboxylic acids is 1. The van der Waals surface area contributed by atoms with Crippen molar-refractivity contribution in [1.29, 1.82) is 5.26 Å². The van der Waals surface area contributed by atoms with E-state index in [1.807, 2.05) is 19.1 Å². The summed E-state index contributed by atoms with van der Waals surface area (Å²) in [5.41, 5.74) is 1.75. The molecule has 7 nitrogen and oxygen atoms in total. The number of nitrogens with one attached hydrogen (secondary N) is 1. The fourth-order valence-corrected chi connectivity index (χ4v) is 3.33. The second-order valence-electron chi connectivity index (χ2n) is 6.81. The number of allylic oxidation sites excluding steroid dienone is 1. The van der Waals surface area contributed by atoms with Crippen LogP contribution in [0.3, 0.4) is 0 Å². The Bertz CT molecular complexity index is 1280. The molecular weight excluding hydrogens is 380 g/mol. The Balaban J connectivity index is 2.22. The van der Waals surface area contributed by atoms with Crippen molar-refractivity contribution in [3.8, 4) is 6.07 Å². The molecule has 0 saturated heterocycles. The number of benzene rings is 1. The van der Waals surface area contributed by atoms with Gasteiger partial charge in [0, 0.05) is 29.6 Å². The van der Waals surface area contributed by atoms with Gasteiger partial charge in [-0.15, -0.1) is 0 Å². The molecule has 7 heteroatoms. The second kappa shape index (κ2) is 8.97. The number of hydrogen-bond acceptors (Lipinski definition) is 5. The summed E-state index contributed by atoms with van der Waals surface area (Å²) >= 11 is 0. The number of pyridine rings is 1. The zero-order valence-electron chi connectivity index (χ0n) is 16.7. The third-order valence-electron chi connectivity index (χ3n) is 4.67. The van der Waals surface area contributed by atoms with Crippen LogP contribution in [0.1, 0.15) is 45.2 Å². The highest BCUT2D eigenvalue weighted by Gasteiger charge is 2.22. The molecule has 0 atom stereocenters. The second-order valence-corrected chi connectivity index (χ2v) is 6.81. The molecule has 0 aliphatic rings. The largest absolute Gasteiger partial charge is 0.329 e. The number of H-pyrrole nitrogens is 1. The van der Waals surface area contributed by atoms with Crippen molar-refractivity contribution in [2.24, 2.45) is 0 Å². The summed E-state index contributed by atoms with van der Waals surface area (Å²) in [5, 5.41) is 8.77. The van der Waals surface area contributed by atoms with Crippen molar-refractivity contribution in [3.05, 3.63) is 103 Å². The fourth-order valence-electron chi connectivity index (χ4n) is 3.33. The number of nitriles is 1. The van der Waals surface area contributed by atoms with E-state index in [9.17, 15) is 14.4 Å². The summed E-state index contributed by atoms with van der Waals surface area (Å²) in [6.45, 7) is 3.72. The summed E-state index contributed by atoms with van der Waals surface area (Å²) < 4.78 is 1.30. The summed E-state index contributed by atoms with van der Waals surface area (Å²) in [6.07, 6.45) is 6.42. The number of aromatic amines is 1. The van der Waals surface area contributed by atoms with Crippen molar-refractivity contribution in [3.63, 3.8) is 0 Å². The van der Waals surface area contributed by atoms with Gasteiger partial charge >= 0.3 is 5.69 Å². The molecule has 0 spiro atoms. The predicted molar refractivity (Wildman–Crippen MR) is 113 cm³/mol. The molecule has 0 aliphatic heterocycles. The molecule has 0 amide bonds. The van der Waals surface area contributed by atoms with Crippen LogP contribution in [0.4, 0.5) is 0 Å². The standard InChI is InChI=1S/C23H20N4O3/c1-3-19-20(21(28)18-12-15(2)11-17(13-18)5-4-8-24)27(23(30)26-22(19)29)14-16-6-9-25-10-7-16/h4-7,9-13H,3,14H2,1-2H3,(H,26,29,30)/b5-4+. The van der Waals surface area contributed by atoms with Crippen LogP contribution in [0.2, 0.25) is 0 Å². The number of aromatic nitrogens is 3. The maximum absolute atomic E-state index is 13.5. The topological polar surface area (TPSA) is 109 Å². The predicted octanol–water partition coefficient (Wildman–Crippen LogP) is 2.62. The smallest absolute Gasteiger partial charge is 0.287 e. The van der Waals surface area contributed by atoms with Gasteiger partial charge in [0.15, 0.2) is 0 Å². The summed E-state index contributed by atoms with van der Waals surface area (Å²) in [6, 6.07) is 10.6. The lowest BCUT2D eigenvalue weighted by atomic mass is 9.98. The molecule has 3 rings (SSSR count). The van der Waals surface area contributed by atoms with Gasteiger partial charge in [0.1, 0.15) is 5.69 Å². The van der Waals surface area contributed by atoms with E-state index in [0.29, 0.717) is 17.5 Å². The number of nitrogens with zero attached hydrogens (tertiary/aromatic N) is 3. The van der Waals surface area contributed by atoms with Crippen molar-refractivity contribution < 1.29 is 4.79 Å². The number of ketones is 1. The molecular formula is C23H20N4O3. The van der Waals surface area contributed by atoms with Crippen molar-refractivity contribution in [2.45, 2.75) is 26.8 Å². The van der Waals surface area contributed by atoms with Crippen LogP contribution in [-0.2, 0) is 13.0 Å². The van der Waals surface area contributed by atoms with Crippen molar-refractivity contribution >= 4 is 11.9 Å². The van der Waals surface area contributed by atoms with E-state index >= 15 is 0 Å². The van der Waals surface area contributed by atoms with Gasteiger partial charge in [0.25, 0.3) is 5.56 Å². The highest BCUT2D eigenvalue weighted by Crippen LogP contribution is 2.17. The minimum atomic E-state index is -0.644. The van der Waals surface area contributed by atoms with Gasteiger partial charge in [-0.25, -0.2) is 4.79 Å². The summed E-state index contributed by atoms with van der Waals surface area (Å²) in [5.74, 6) is -0.417. The fraction of sp³-hybridized carbons (Fsp3) is 0.174. The SMILES string of the molecule is CCc1c(C(=O)c2cc(C)cc(/C=C/C#N)c2)n(Cc2ccncc2)c(=O)[nH]c1=O. The molecule has 2 aromatic heterocycles. The third-order valence-corrected chi connectivity index (χ3v) is 4.67. The van der Waals surface area contributed by atoms with Gasteiger partial charge in [-0.3, -0.25) is 24.1 Å². The first kappa shape index (κ1) is 20.7. The van der Waals surface area contributed by atoms with Crippen LogP contribution >= 0.6 is 0 Å². The highest BCUT2D eigenvalue weighted by atomic mass is 16.2. The lowest BCUT2D eigenvalue weighted by molar-refractivity contribution is 0.102. The maximum atomic E-state index is 13.5. The Morgan fingerprint density at radius 3 is 2.63 bits per heavy atom. The first-order chi connectivity index (χ1) is 14.4. The summed E-state index contributed by atoms with van der Waals surface area (Å²) in [7, 11) is 0. The van der Waals surface area contributed by atoms with Gasteiger partial charge in [-0.1, -0.05) is 13.0 Å². The molecule has 3 aromatic rings. The van der Waals surface area contributed by atoms with E-state index in [2.05, 4.69) is 9.97 Å². The zero-order chi connectivity index (χ0) is 21.7. The molecule has 2 heterocycles. The lowest BCUT2D eigenvalue weighted by Gasteiger charge is -2.15. The van der Waals surface area contributed by atoms with Crippen molar-refractivity contribution in [1.82, 2.24) is 14.5 Å². The van der Waals surface area contributed by atoms with E-state index in [1.165, 1.54) is 10.6 Å². The van der Waals surface area contributed by atoms with Gasteiger partial charge < -0.3 is 0 Å². The van der Waals surface area contributed by atoms with Crippen LogP contribution in [0, 0.1) is 18.3 Å². The molecule has 0 fully saturated rings. The number of rotatable bonds is 6. The molecule has 1 aromatic carbocycles. The molecule has 0 unspecified atom stereocenters. The monoisotopic (exact) mass is 400 g/mol. The minimum absolute atomic E-state index is 0.0730. The zero-order valence-corrected chi connectivity index (χ0v) is 16.7. The molecule has 0 radical (unpaired) electrons. The lowest BCUT2D eigenvalue weighted by Crippen LogP contribution is -2.37. The van der Waals surface area contributed by atoms with Gasteiger partial charge in [0.05, 0.1) is 12.6 Å². The summed E-state index contributed by atoms with van der Waals surface area (Å²) in [4.78, 5) is 44.8. The average Bonchev–Trinajstić information content (AvgIpc) is 2.73. The Labute approximate surface area is 173 Å². The molecule has 150 valence electrons. The Hall–Kier alpha value is -4.05. The number of aryl methyl sites for hydroxylation is 1. The van der Waals surface area contributed by atoms with E-state index < -0.39 is 17.0 Å². The van der Waals surface area contributed by atoms with Crippen LogP contribution in [0.15, 0.2) is 58.4 Å². The Morgan fingerprint density at radius 1 is 1.23 bits per heavy atom. The molecule has 0 aliphatic carbocycles. The van der Waals surface area contributed by atoms with Crippen LogP contribution in [-0.4, -0.2) is 20.3 Å². The average molecular weight is 400 g/mol. The van der Waals surface area contributed by atoms with Crippen LogP contribution < -0.4 is 11.2 Å². The van der Waals surface area contributed by atoms with Crippen molar-refractivity contribution in [2.75, 3.05) is 0 Å². The van der Waals surface area contributed by atoms with E-state index in [-0.39, 0.29) is 17.8 Å². The van der Waals surface area contributed by atoms with E-state index in [0.717, 1.165) is 11.1 Å². The van der Waals surface area contributed by atoms with E-state index in [1.54, 1.807) is 49.7 Å². The normalized spacial score (nSPS) is 10.8. The van der Waals surface area contributed by atoms with E-state index in [4.69, 9.17) is 5.26 Å². The minimum Gasteiger partial charge on any atom is -0.287 e. The number of carbonyl (C=O) groups is 1. The first-order valence-electron chi connectivity index (χ1n) is 9.42. The molecule has 0 saturated carbocycles. The maximum Gasteiger partial charge on any atom is 0.329 e. The van der Waals surface area contributed by atoms with Crippen LogP contribution in [0.5, 0.6) is 0 Å². The van der Waals surface area contributed by atoms with Gasteiger partial charge in [-0.2, -0.15) is 5.26 Å². The Kier molecular flexibility index (Phi) is 6.18. The molecule has 30 heavy (non-hydrogen) atoms. The molecule has 1 N–H and O–H groups in total. The van der Waals surface area contributed by atoms with Gasteiger partial charge in [-0.05, 0) is 60.4 Å². The quantitative estimate of drug-likeness (QED) is 0.505.